The molecule has 27 heavy (non-hydrogen) atoms. The van der Waals surface area contributed by atoms with Crippen LogP contribution in [0.4, 0.5) is 5.69 Å². The Hall–Kier alpha value is -3.40. The highest BCUT2D eigenvalue weighted by molar-refractivity contribution is 6.05. The van der Waals surface area contributed by atoms with Gasteiger partial charge in [0.2, 0.25) is 5.78 Å². The van der Waals surface area contributed by atoms with Crippen molar-refractivity contribution in [1.29, 1.82) is 0 Å². The zero-order valence-electron chi connectivity index (χ0n) is 15.4. The molecule has 0 aliphatic rings. The summed E-state index contributed by atoms with van der Waals surface area (Å²) >= 11 is 0. The van der Waals surface area contributed by atoms with Gasteiger partial charge < -0.3 is 10.6 Å². The van der Waals surface area contributed by atoms with Crippen LogP contribution >= 0.6 is 0 Å². The molecule has 1 atom stereocenters. The van der Waals surface area contributed by atoms with Crippen LogP contribution in [-0.4, -0.2) is 17.9 Å². The van der Waals surface area contributed by atoms with Crippen molar-refractivity contribution in [3.8, 4) is 0 Å². The number of carbonyl (C=O) groups excluding carboxylic acids is 2. The fraction of sp³-hybridized carbons (Fsp3) is 0.130. The van der Waals surface area contributed by atoms with Gasteiger partial charge in [-0.25, -0.2) is 0 Å². The van der Waals surface area contributed by atoms with E-state index in [4.69, 9.17) is 0 Å². The van der Waals surface area contributed by atoms with Crippen molar-refractivity contribution in [2.75, 3.05) is 5.32 Å². The van der Waals surface area contributed by atoms with Gasteiger partial charge in [0.25, 0.3) is 5.91 Å². The van der Waals surface area contributed by atoms with E-state index < -0.39 is 6.17 Å². The predicted octanol–water partition coefficient (Wildman–Crippen LogP) is 4.35. The molecule has 3 rings (SSSR count). The molecule has 0 spiro atoms. The first-order valence-corrected chi connectivity index (χ1v) is 8.83. The molecule has 0 fully saturated rings. The number of ketones is 1. The van der Waals surface area contributed by atoms with E-state index in [1.165, 1.54) is 0 Å². The standard InChI is InChI=1S/C23H22N2O2/c1-16-8-12-19(13-9-16)23(27)25-22(21(26)18-6-4-3-5-7-18)24-20-14-10-17(2)11-15-20/h3-15,22,24H,1-2H3,(H,25,27)/t22-/m1/s1. The fourth-order valence-corrected chi connectivity index (χ4v) is 2.67. The predicted molar refractivity (Wildman–Crippen MR) is 108 cm³/mol. The molecular formula is C23H22N2O2. The smallest absolute Gasteiger partial charge is 0.253 e. The Morgan fingerprint density at radius 3 is 1.85 bits per heavy atom. The second-order valence-corrected chi connectivity index (χ2v) is 6.51. The highest BCUT2D eigenvalue weighted by Gasteiger charge is 2.22. The van der Waals surface area contributed by atoms with Crippen LogP contribution in [0.15, 0.2) is 78.9 Å². The van der Waals surface area contributed by atoms with Crippen molar-refractivity contribution >= 4 is 17.4 Å². The maximum absolute atomic E-state index is 13.0. The van der Waals surface area contributed by atoms with E-state index in [0.29, 0.717) is 11.1 Å². The maximum Gasteiger partial charge on any atom is 0.253 e. The Labute approximate surface area is 159 Å². The summed E-state index contributed by atoms with van der Waals surface area (Å²) in [4.78, 5) is 25.6. The Kier molecular flexibility index (Phi) is 5.67. The quantitative estimate of drug-likeness (QED) is 0.509. The molecule has 3 aromatic carbocycles. The van der Waals surface area contributed by atoms with Crippen molar-refractivity contribution in [2.24, 2.45) is 0 Å². The van der Waals surface area contributed by atoms with Crippen LogP contribution in [0, 0.1) is 13.8 Å². The van der Waals surface area contributed by atoms with Gasteiger partial charge in [0.15, 0.2) is 6.17 Å². The van der Waals surface area contributed by atoms with Crippen LogP contribution in [0.25, 0.3) is 0 Å². The summed E-state index contributed by atoms with van der Waals surface area (Å²) in [5, 5.41) is 5.95. The van der Waals surface area contributed by atoms with Crippen molar-refractivity contribution in [1.82, 2.24) is 5.32 Å². The molecule has 0 radical (unpaired) electrons. The Bertz CT molecular complexity index is 917. The lowest BCUT2D eigenvalue weighted by Gasteiger charge is -2.20. The number of nitrogens with one attached hydrogen (secondary N) is 2. The summed E-state index contributed by atoms with van der Waals surface area (Å²) in [5.41, 5.74) is 4.00. The number of aryl methyl sites for hydroxylation is 2. The third-order valence-electron chi connectivity index (χ3n) is 4.27. The molecule has 4 nitrogen and oxygen atoms in total. The zero-order valence-corrected chi connectivity index (χ0v) is 15.4. The Morgan fingerprint density at radius 1 is 0.704 bits per heavy atom. The second-order valence-electron chi connectivity index (χ2n) is 6.51. The van der Waals surface area contributed by atoms with Gasteiger partial charge in [-0.3, -0.25) is 9.59 Å². The molecule has 3 aromatic rings. The third-order valence-corrected chi connectivity index (χ3v) is 4.27. The summed E-state index contributed by atoms with van der Waals surface area (Å²) in [5.74, 6) is -0.500. The van der Waals surface area contributed by atoms with Crippen molar-refractivity contribution in [3.05, 3.63) is 101 Å². The van der Waals surface area contributed by atoms with Crippen LogP contribution in [-0.2, 0) is 0 Å². The van der Waals surface area contributed by atoms with Crippen molar-refractivity contribution < 1.29 is 9.59 Å². The lowest BCUT2D eigenvalue weighted by atomic mass is 10.1. The van der Waals surface area contributed by atoms with Crippen molar-refractivity contribution in [3.63, 3.8) is 0 Å². The Balaban J connectivity index is 1.84. The summed E-state index contributed by atoms with van der Waals surface area (Å²) in [6.45, 7) is 3.96. The molecule has 0 saturated carbocycles. The average molecular weight is 358 g/mol. The minimum atomic E-state index is -0.871. The molecular weight excluding hydrogens is 336 g/mol. The molecule has 2 N–H and O–H groups in total. The topological polar surface area (TPSA) is 58.2 Å². The monoisotopic (exact) mass is 358 g/mol. The van der Waals surface area contributed by atoms with Crippen LogP contribution in [0.1, 0.15) is 31.8 Å². The number of carbonyl (C=O) groups is 2. The van der Waals surface area contributed by atoms with Gasteiger partial charge in [0.05, 0.1) is 0 Å². The van der Waals surface area contributed by atoms with Gasteiger partial charge in [-0.05, 0) is 38.1 Å². The number of rotatable bonds is 6. The fourth-order valence-electron chi connectivity index (χ4n) is 2.67. The summed E-state index contributed by atoms with van der Waals surface area (Å²) in [6.07, 6.45) is -0.871. The van der Waals surface area contributed by atoms with Crippen LogP contribution in [0.5, 0.6) is 0 Å². The summed E-state index contributed by atoms with van der Waals surface area (Å²) in [6, 6.07) is 23.9. The van der Waals surface area contributed by atoms with Gasteiger partial charge >= 0.3 is 0 Å². The first-order chi connectivity index (χ1) is 13.0. The van der Waals surface area contributed by atoms with Crippen LogP contribution in [0.2, 0.25) is 0 Å². The second kappa shape index (κ2) is 8.32. The minimum absolute atomic E-state index is 0.198. The molecule has 0 heterocycles. The van der Waals surface area contributed by atoms with E-state index in [2.05, 4.69) is 10.6 Å². The van der Waals surface area contributed by atoms with E-state index in [-0.39, 0.29) is 11.7 Å². The lowest BCUT2D eigenvalue weighted by Crippen LogP contribution is -2.46. The van der Waals surface area contributed by atoms with E-state index in [9.17, 15) is 9.59 Å². The highest BCUT2D eigenvalue weighted by Crippen LogP contribution is 2.13. The van der Waals surface area contributed by atoms with Crippen molar-refractivity contribution in [2.45, 2.75) is 20.0 Å². The van der Waals surface area contributed by atoms with E-state index in [1.807, 2.05) is 56.3 Å². The normalized spacial score (nSPS) is 11.5. The van der Waals surface area contributed by atoms with E-state index in [1.54, 1.807) is 36.4 Å². The molecule has 1 amide bonds. The number of hydrogen-bond donors (Lipinski definition) is 2. The number of anilines is 1. The molecule has 0 aromatic heterocycles. The molecule has 136 valence electrons. The maximum atomic E-state index is 13.0. The number of benzene rings is 3. The van der Waals surface area contributed by atoms with Gasteiger partial charge in [-0.2, -0.15) is 0 Å². The van der Waals surface area contributed by atoms with Crippen LogP contribution < -0.4 is 10.6 Å². The average Bonchev–Trinajstić information content (AvgIpc) is 2.69. The largest absolute Gasteiger partial charge is 0.359 e. The summed E-state index contributed by atoms with van der Waals surface area (Å²) < 4.78 is 0. The number of amides is 1. The molecule has 0 aliphatic carbocycles. The van der Waals surface area contributed by atoms with Gasteiger partial charge in [-0.15, -0.1) is 0 Å². The zero-order chi connectivity index (χ0) is 19.2. The van der Waals surface area contributed by atoms with Gasteiger partial charge in [0.1, 0.15) is 0 Å². The van der Waals surface area contributed by atoms with Crippen LogP contribution in [0.3, 0.4) is 0 Å². The highest BCUT2D eigenvalue weighted by atomic mass is 16.2. The first kappa shape index (κ1) is 18.4. The Morgan fingerprint density at radius 2 is 1.26 bits per heavy atom. The van der Waals surface area contributed by atoms with E-state index >= 15 is 0 Å². The number of Topliss-reactive ketones (excluding diaryl/α,β-unsaturated/α-hetero) is 1. The minimum Gasteiger partial charge on any atom is -0.359 e. The molecule has 0 bridgehead atoms. The third kappa shape index (κ3) is 4.82. The van der Waals surface area contributed by atoms with E-state index in [0.717, 1.165) is 16.8 Å². The van der Waals surface area contributed by atoms with Gasteiger partial charge in [0, 0.05) is 16.8 Å². The van der Waals surface area contributed by atoms with Gasteiger partial charge in [-0.1, -0.05) is 65.7 Å². The lowest BCUT2D eigenvalue weighted by molar-refractivity contribution is 0.0869. The molecule has 4 heteroatoms. The SMILES string of the molecule is Cc1ccc(N[C@H](NC(=O)c2ccc(C)cc2)C(=O)c2ccccc2)cc1. The number of hydrogen-bond acceptors (Lipinski definition) is 3. The molecule has 0 saturated heterocycles. The molecule has 0 aliphatic heterocycles. The molecule has 0 unspecified atom stereocenters. The first-order valence-electron chi connectivity index (χ1n) is 8.83. The summed E-state index contributed by atoms with van der Waals surface area (Å²) in [7, 11) is 0.